The molecule has 0 aromatic heterocycles. The highest BCUT2D eigenvalue weighted by Gasteiger charge is 2.23. The summed E-state index contributed by atoms with van der Waals surface area (Å²) in [7, 11) is -2.52. The predicted octanol–water partition coefficient (Wildman–Crippen LogP) is 3.54. The summed E-state index contributed by atoms with van der Waals surface area (Å²) in [5.74, 6) is -0.256. The standard InChI is InChI=1S/C19H23NO4S/c1-14(2)12-18(15-8-5-4-6-9-15)20-25(22,23)17-11-7-10-16(13-17)19(21)24-3/h4-11,13-14,18,20H,12H2,1-3H3/t18-/m1/s1. The number of benzene rings is 2. The normalized spacial score (nSPS) is 12.8. The zero-order valence-corrected chi connectivity index (χ0v) is 15.4. The number of nitrogens with one attached hydrogen (secondary N) is 1. The second kappa shape index (κ2) is 8.27. The van der Waals surface area contributed by atoms with Crippen molar-refractivity contribution in [3.63, 3.8) is 0 Å². The number of carbonyl (C=O) groups is 1. The van der Waals surface area contributed by atoms with Gasteiger partial charge in [0.05, 0.1) is 17.6 Å². The maximum absolute atomic E-state index is 12.8. The highest BCUT2D eigenvalue weighted by Crippen LogP contribution is 2.24. The molecule has 2 rings (SSSR count). The van der Waals surface area contributed by atoms with E-state index in [0.717, 1.165) is 5.56 Å². The maximum atomic E-state index is 12.8. The summed E-state index contributed by atoms with van der Waals surface area (Å²) in [5.41, 5.74) is 1.11. The van der Waals surface area contributed by atoms with Gasteiger partial charge in [-0.15, -0.1) is 0 Å². The van der Waals surface area contributed by atoms with Crippen molar-refractivity contribution in [3.8, 4) is 0 Å². The van der Waals surface area contributed by atoms with Gasteiger partial charge < -0.3 is 4.74 Å². The summed E-state index contributed by atoms with van der Waals surface area (Å²) in [4.78, 5) is 11.7. The fourth-order valence-electron chi connectivity index (χ4n) is 2.57. The fourth-order valence-corrected chi connectivity index (χ4v) is 3.86. The Labute approximate surface area is 149 Å². The minimum Gasteiger partial charge on any atom is -0.465 e. The largest absolute Gasteiger partial charge is 0.465 e. The number of ether oxygens (including phenoxy) is 1. The average Bonchev–Trinajstić information content (AvgIpc) is 2.60. The van der Waals surface area contributed by atoms with Gasteiger partial charge in [0.15, 0.2) is 0 Å². The van der Waals surface area contributed by atoms with E-state index in [0.29, 0.717) is 12.3 Å². The molecule has 134 valence electrons. The molecule has 0 unspecified atom stereocenters. The van der Waals surface area contributed by atoms with Crippen LogP contribution in [0.15, 0.2) is 59.5 Å². The lowest BCUT2D eigenvalue weighted by atomic mass is 9.98. The van der Waals surface area contributed by atoms with Crippen LogP contribution in [0.2, 0.25) is 0 Å². The van der Waals surface area contributed by atoms with Gasteiger partial charge in [-0.3, -0.25) is 0 Å². The van der Waals surface area contributed by atoms with Crippen LogP contribution in [-0.4, -0.2) is 21.5 Å². The van der Waals surface area contributed by atoms with Crippen LogP contribution in [0.1, 0.15) is 42.2 Å². The minimum atomic E-state index is -3.78. The smallest absolute Gasteiger partial charge is 0.337 e. The van der Waals surface area contributed by atoms with Gasteiger partial charge >= 0.3 is 5.97 Å². The SMILES string of the molecule is COC(=O)c1cccc(S(=O)(=O)N[C@H](CC(C)C)c2ccccc2)c1. The zero-order chi connectivity index (χ0) is 18.4. The van der Waals surface area contributed by atoms with E-state index in [2.05, 4.69) is 9.46 Å². The lowest BCUT2D eigenvalue weighted by molar-refractivity contribution is 0.0600. The molecule has 2 aromatic rings. The molecule has 0 radical (unpaired) electrons. The van der Waals surface area contributed by atoms with E-state index in [1.54, 1.807) is 0 Å². The number of hydrogen-bond donors (Lipinski definition) is 1. The number of sulfonamides is 1. The fraction of sp³-hybridized carbons (Fsp3) is 0.316. The average molecular weight is 361 g/mol. The minimum absolute atomic E-state index is 0.0417. The van der Waals surface area contributed by atoms with Crippen molar-refractivity contribution in [1.82, 2.24) is 4.72 Å². The first-order chi connectivity index (χ1) is 11.8. The first-order valence-corrected chi connectivity index (χ1v) is 9.57. The van der Waals surface area contributed by atoms with Crippen LogP contribution in [0.5, 0.6) is 0 Å². The summed E-state index contributed by atoms with van der Waals surface area (Å²) >= 11 is 0. The molecule has 0 saturated heterocycles. The first kappa shape index (κ1) is 19.1. The quantitative estimate of drug-likeness (QED) is 0.766. The van der Waals surface area contributed by atoms with E-state index >= 15 is 0 Å². The Bertz CT molecular complexity index is 816. The third-order valence-corrected chi connectivity index (χ3v) is 5.24. The van der Waals surface area contributed by atoms with E-state index in [4.69, 9.17) is 0 Å². The number of carbonyl (C=O) groups excluding carboxylic acids is 1. The van der Waals surface area contributed by atoms with Crippen molar-refractivity contribution in [2.24, 2.45) is 5.92 Å². The van der Waals surface area contributed by atoms with Crippen molar-refractivity contribution >= 4 is 16.0 Å². The molecule has 0 spiro atoms. The van der Waals surface area contributed by atoms with E-state index in [1.807, 2.05) is 44.2 Å². The van der Waals surface area contributed by atoms with E-state index in [9.17, 15) is 13.2 Å². The molecule has 2 aromatic carbocycles. The predicted molar refractivity (Wildman–Crippen MR) is 96.7 cm³/mol. The third-order valence-electron chi connectivity index (χ3n) is 3.77. The van der Waals surface area contributed by atoms with Crippen molar-refractivity contribution in [3.05, 3.63) is 65.7 Å². The molecule has 1 atom stereocenters. The molecular formula is C19H23NO4S. The number of esters is 1. The van der Waals surface area contributed by atoms with Crippen LogP contribution in [0.25, 0.3) is 0 Å². The highest BCUT2D eigenvalue weighted by atomic mass is 32.2. The summed E-state index contributed by atoms with van der Waals surface area (Å²) in [5, 5.41) is 0. The van der Waals surface area contributed by atoms with Gasteiger partial charge in [0.1, 0.15) is 0 Å². The van der Waals surface area contributed by atoms with Crippen LogP contribution in [0.3, 0.4) is 0 Å². The Morgan fingerprint density at radius 1 is 1.08 bits per heavy atom. The van der Waals surface area contributed by atoms with Gasteiger partial charge in [-0.05, 0) is 36.1 Å². The highest BCUT2D eigenvalue weighted by molar-refractivity contribution is 7.89. The van der Waals surface area contributed by atoms with Crippen molar-refractivity contribution in [2.45, 2.75) is 31.2 Å². The molecule has 0 amide bonds. The second-order valence-corrected chi connectivity index (χ2v) is 7.95. The molecule has 0 aliphatic heterocycles. The molecule has 1 N–H and O–H groups in total. The van der Waals surface area contributed by atoms with Gasteiger partial charge in [0.2, 0.25) is 10.0 Å². The van der Waals surface area contributed by atoms with Crippen molar-refractivity contribution in [1.29, 1.82) is 0 Å². The van der Waals surface area contributed by atoms with Crippen molar-refractivity contribution in [2.75, 3.05) is 7.11 Å². The molecule has 0 fully saturated rings. The molecule has 6 heteroatoms. The van der Waals surface area contributed by atoms with Gasteiger partial charge in [-0.2, -0.15) is 0 Å². The Morgan fingerprint density at radius 2 is 1.76 bits per heavy atom. The maximum Gasteiger partial charge on any atom is 0.337 e. The molecule has 0 aliphatic rings. The number of hydrogen-bond acceptors (Lipinski definition) is 4. The Balaban J connectivity index is 2.33. The van der Waals surface area contributed by atoms with Gasteiger partial charge in [-0.1, -0.05) is 50.2 Å². The zero-order valence-electron chi connectivity index (χ0n) is 14.6. The van der Waals surface area contributed by atoms with Crippen LogP contribution >= 0.6 is 0 Å². The lowest BCUT2D eigenvalue weighted by Gasteiger charge is -2.21. The van der Waals surface area contributed by atoms with Gasteiger partial charge in [-0.25, -0.2) is 17.9 Å². The summed E-state index contributed by atoms with van der Waals surface area (Å²) in [6, 6.07) is 15.0. The number of methoxy groups -OCH3 is 1. The van der Waals surface area contributed by atoms with Gasteiger partial charge in [0.25, 0.3) is 0 Å². The molecule has 0 aliphatic carbocycles. The van der Waals surface area contributed by atoms with Crippen LogP contribution in [0.4, 0.5) is 0 Å². The molecular weight excluding hydrogens is 338 g/mol. The van der Waals surface area contributed by atoms with E-state index < -0.39 is 16.0 Å². The molecule has 0 saturated carbocycles. The number of rotatable bonds is 7. The molecule has 0 heterocycles. The molecule has 0 bridgehead atoms. The Morgan fingerprint density at radius 3 is 2.36 bits per heavy atom. The van der Waals surface area contributed by atoms with E-state index in [1.165, 1.54) is 31.4 Å². The van der Waals surface area contributed by atoms with Crippen molar-refractivity contribution < 1.29 is 17.9 Å². The summed E-state index contributed by atoms with van der Waals surface area (Å²) < 4.78 is 33.0. The Hall–Kier alpha value is -2.18. The van der Waals surface area contributed by atoms with Crippen LogP contribution in [0, 0.1) is 5.92 Å². The summed E-state index contributed by atoms with van der Waals surface area (Å²) in [6.07, 6.45) is 0.667. The van der Waals surface area contributed by atoms with Crippen LogP contribution < -0.4 is 4.72 Å². The summed E-state index contributed by atoms with van der Waals surface area (Å²) in [6.45, 7) is 4.09. The first-order valence-electron chi connectivity index (χ1n) is 8.09. The van der Waals surface area contributed by atoms with E-state index in [-0.39, 0.29) is 16.5 Å². The molecule has 25 heavy (non-hydrogen) atoms. The monoisotopic (exact) mass is 361 g/mol. The van der Waals surface area contributed by atoms with Crippen LogP contribution in [-0.2, 0) is 14.8 Å². The topological polar surface area (TPSA) is 72.5 Å². The Kier molecular flexibility index (Phi) is 6.33. The molecule has 5 nitrogen and oxygen atoms in total. The second-order valence-electron chi connectivity index (χ2n) is 6.23. The lowest BCUT2D eigenvalue weighted by Crippen LogP contribution is -2.29. The van der Waals surface area contributed by atoms with Gasteiger partial charge in [0, 0.05) is 6.04 Å². The third kappa shape index (κ3) is 5.14.